The normalized spacial score (nSPS) is 10.0. The minimum atomic E-state index is -4.67. The van der Waals surface area contributed by atoms with E-state index < -0.39 is 10.4 Å². The maximum Gasteiger partial charge on any atom is 0.394 e. The predicted octanol–water partition coefficient (Wildman–Crippen LogP) is 1.09. The Morgan fingerprint density at radius 1 is 1.20 bits per heavy atom. The molecule has 0 aromatic heterocycles. The van der Waals surface area contributed by atoms with Gasteiger partial charge in [0.2, 0.25) is 0 Å². The molecule has 0 aliphatic heterocycles. The van der Waals surface area contributed by atoms with Crippen LogP contribution < -0.4 is 0 Å². The van der Waals surface area contributed by atoms with Crippen LogP contribution in [-0.4, -0.2) is 27.7 Å². The third kappa shape index (κ3) is 6.49. The minimum Gasteiger partial charge on any atom is -0.504 e. The maximum atomic E-state index is 9.08. The Bertz CT molecular complexity index is 428. The number of hydrogen-bond donors (Lipinski definition) is 4. The van der Waals surface area contributed by atoms with E-state index in [0.717, 1.165) is 0 Å². The lowest BCUT2D eigenvalue weighted by Crippen LogP contribution is -1.89. The molecule has 0 atom stereocenters. The molecular formula is C8H10O6S. The summed E-state index contributed by atoms with van der Waals surface area (Å²) in [7, 11) is -4.67. The maximum absolute atomic E-state index is 9.08. The molecule has 0 saturated heterocycles. The molecule has 0 heterocycles. The zero-order valence-corrected chi connectivity index (χ0v) is 8.35. The van der Waals surface area contributed by atoms with Crippen LogP contribution in [-0.2, 0) is 10.4 Å². The SMILES string of the molecule is C=Cc1cccc(O)c1O.O=S(=O)(O)O. The zero-order chi connectivity index (χ0) is 12.1. The molecular weight excluding hydrogens is 224 g/mol. The molecule has 84 valence electrons. The summed E-state index contributed by atoms with van der Waals surface area (Å²) in [5, 5.41) is 18.0. The predicted molar refractivity (Wildman–Crippen MR) is 54.0 cm³/mol. The molecule has 0 aliphatic rings. The molecule has 15 heavy (non-hydrogen) atoms. The van der Waals surface area contributed by atoms with Gasteiger partial charge in [-0.2, -0.15) is 8.42 Å². The van der Waals surface area contributed by atoms with Crippen molar-refractivity contribution in [2.45, 2.75) is 0 Å². The number of rotatable bonds is 1. The average Bonchev–Trinajstić information content (AvgIpc) is 2.07. The van der Waals surface area contributed by atoms with Crippen LogP contribution in [0.15, 0.2) is 24.8 Å². The van der Waals surface area contributed by atoms with Crippen molar-refractivity contribution in [2.75, 3.05) is 0 Å². The van der Waals surface area contributed by atoms with Crippen molar-refractivity contribution in [2.24, 2.45) is 0 Å². The van der Waals surface area contributed by atoms with E-state index in [2.05, 4.69) is 6.58 Å². The third-order valence-corrected chi connectivity index (χ3v) is 1.27. The number of hydrogen-bond acceptors (Lipinski definition) is 4. The second kappa shape index (κ2) is 5.35. The number of benzene rings is 1. The van der Waals surface area contributed by atoms with Crippen molar-refractivity contribution in [3.05, 3.63) is 30.3 Å². The average molecular weight is 234 g/mol. The zero-order valence-electron chi connectivity index (χ0n) is 7.53. The van der Waals surface area contributed by atoms with Crippen molar-refractivity contribution >= 4 is 16.5 Å². The molecule has 1 aromatic rings. The van der Waals surface area contributed by atoms with Crippen molar-refractivity contribution in [1.29, 1.82) is 0 Å². The number of aromatic hydroxyl groups is 2. The van der Waals surface area contributed by atoms with Crippen molar-refractivity contribution in [3.63, 3.8) is 0 Å². The lowest BCUT2D eigenvalue weighted by molar-refractivity contribution is 0.381. The standard InChI is InChI=1S/C8H8O2.H2O4S/c1-2-6-4-3-5-7(9)8(6)10;1-5(2,3)4/h2-5,9-10H,1H2;(H2,1,2,3,4). The van der Waals surface area contributed by atoms with E-state index in [1.807, 2.05) is 0 Å². The monoisotopic (exact) mass is 234 g/mol. The number of phenolic OH excluding ortho intramolecular Hbond substituents is 2. The summed E-state index contributed by atoms with van der Waals surface area (Å²) in [4.78, 5) is 0. The number of para-hydroxylation sites is 1. The largest absolute Gasteiger partial charge is 0.504 e. The first-order chi connectivity index (χ1) is 6.75. The molecule has 0 fully saturated rings. The van der Waals surface area contributed by atoms with Crippen LogP contribution in [0.3, 0.4) is 0 Å². The summed E-state index contributed by atoms with van der Waals surface area (Å²) in [6, 6.07) is 4.73. The highest BCUT2D eigenvalue weighted by atomic mass is 32.3. The van der Waals surface area contributed by atoms with Crippen molar-refractivity contribution in [1.82, 2.24) is 0 Å². The van der Waals surface area contributed by atoms with Gasteiger partial charge in [-0.3, -0.25) is 9.11 Å². The summed E-state index contributed by atoms with van der Waals surface area (Å²) in [6.45, 7) is 3.46. The minimum absolute atomic E-state index is 0.113. The molecule has 4 N–H and O–H groups in total. The lowest BCUT2D eigenvalue weighted by atomic mass is 10.2. The van der Waals surface area contributed by atoms with Gasteiger partial charge in [0.15, 0.2) is 11.5 Å². The van der Waals surface area contributed by atoms with Crippen LogP contribution in [0.25, 0.3) is 6.08 Å². The van der Waals surface area contributed by atoms with Crippen molar-refractivity contribution < 1.29 is 27.7 Å². The molecule has 0 radical (unpaired) electrons. The van der Waals surface area contributed by atoms with Crippen molar-refractivity contribution in [3.8, 4) is 11.5 Å². The van der Waals surface area contributed by atoms with Gasteiger partial charge in [0.05, 0.1) is 0 Å². The second-order valence-corrected chi connectivity index (χ2v) is 3.26. The quantitative estimate of drug-likeness (QED) is 0.427. The summed E-state index contributed by atoms with van der Waals surface area (Å²) in [5.74, 6) is -0.227. The van der Waals surface area contributed by atoms with E-state index in [4.69, 9.17) is 27.7 Å². The van der Waals surface area contributed by atoms with Crippen LogP contribution in [0.4, 0.5) is 0 Å². The fourth-order valence-electron chi connectivity index (χ4n) is 0.713. The van der Waals surface area contributed by atoms with Gasteiger partial charge in [-0.25, -0.2) is 0 Å². The molecule has 0 bridgehead atoms. The summed E-state index contributed by atoms with van der Waals surface area (Å²) in [6.07, 6.45) is 1.48. The molecule has 6 nitrogen and oxygen atoms in total. The van der Waals surface area contributed by atoms with E-state index in [1.54, 1.807) is 12.1 Å². The van der Waals surface area contributed by atoms with E-state index in [9.17, 15) is 0 Å². The fraction of sp³-hybridized carbons (Fsp3) is 0. The first-order valence-corrected chi connectivity index (χ1v) is 4.98. The van der Waals surface area contributed by atoms with Gasteiger partial charge in [-0.05, 0) is 6.07 Å². The van der Waals surface area contributed by atoms with Gasteiger partial charge in [0.1, 0.15) is 0 Å². The third-order valence-electron chi connectivity index (χ3n) is 1.27. The van der Waals surface area contributed by atoms with Crippen LogP contribution in [0, 0.1) is 0 Å². The van der Waals surface area contributed by atoms with Crippen LogP contribution >= 0.6 is 0 Å². The molecule has 7 heteroatoms. The molecule has 0 unspecified atom stereocenters. The molecule has 1 rings (SSSR count). The van der Waals surface area contributed by atoms with Crippen LogP contribution in [0.5, 0.6) is 11.5 Å². The van der Waals surface area contributed by atoms with E-state index >= 15 is 0 Å². The van der Waals surface area contributed by atoms with Gasteiger partial charge in [-0.1, -0.05) is 24.8 Å². The summed E-state index contributed by atoms with van der Waals surface area (Å²) < 4.78 is 31.6. The van der Waals surface area contributed by atoms with Gasteiger partial charge < -0.3 is 10.2 Å². The highest BCUT2D eigenvalue weighted by Crippen LogP contribution is 2.28. The highest BCUT2D eigenvalue weighted by molar-refractivity contribution is 7.79. The van der Waals surface area contributed by atoms with E-state index in [1.165, 1.54) is 12.1 Å². The molecule has 0 aliphatic carbocycles. The van der Waals surface area contributed by atoms with Crippen LogP contribution in [0.2, 0.25) is 0 Å². The van der Waals surface area contributed by atoms with Crippen LogP contribution in [0.1, 0.15) is 5.56 Å². The summed E-state index contributed by atoms with van der Waals surface area (Å²) >= 11 is 0. The highest BCUT2D eigenvalue weighted by Gasteiger charge is 1.99. The molecule has 0 amide bonds. The second-order valence-electron chi connectivity index (χ2n) is 2.37. The van der Waals surface area contributed by atoms with E-state index in [-0.39, 0.29) is 11.5 Å². The molecule has 1 aromatic carbocycles. The first-order valence-electron chi connectivity index (χ1n) is 3.59. The molecule has 0 spiro atoms. The van der Waals surface area contributed by atoms with Gasteiger partial charge in [-0.15, -0.1) is 0 Å². The van der Waals surface area contributed by atoms with E-state index in [0.29, 0.717) is 5.56 Å². The fourth-order valence-corrected chi connectivity index (χ4v) is 0.713. The Morgan fingerprint density at radius 2 is 1.67 bits per heavy atom. The Labute approximate surface area is 86.7 Å². The Hall–Kier alpha value is -1.57. The smallest absolute Gasteiger partial charge is 0.394 e. The lowest BCUT2D eigenvalue weighted by Gasteiger charge is -1.98. The number of phenols is 2. The Balaban J connectivity index is 0.000000336. The molecule has 0 saturated carbocycles. The first kappa shape index (κ1) is 13.4. The van der Waals surface area contributed by atoms with Gasteiger partial charge in [0, 0.05) is 5.56 Å². The Kier molecular flexibility index (Phi) is 4.79. The van der Waals surface area contributed by atoms with Gasteiger partial charge in [0.25, 0.3) is 0 Å². The topological polar surface area (TPSA) is 115 Å². The van der Waals surface area contributed by atoms with Gasteiger partial charge >= 0.3 is 10.4 Å². The Morgan fingerprint density at radius 3 is 2.00 bits per heavy atom. The summed E-state index contributed by atoms with van der Waals surface area (Å²) in [5.41, 5.74) is 0.542.